The van der Waals surface area contributed by atoms with Crippen LogP contribution in [0.15, 0.2) is 30.3 Å². The lowest BCUT2D eigenvalue weighted by Crippen LogP contribution is -2.34. The third kappa shape index (κ3) is 6.95. The van der Waals surface area contributed by atoms with Gasteiger partial charge in [-0.15, -0.1) is 0 Å². The number of rotatable bonds is 5. The largest absolute Gasteiger partial charge is 0.452 e. The molecule has 0 bridgehead atoms. The molecule has 0 aliphatic rings. The zero-order valence-electron chi connectivity index (χ0n) is 12.6. The number of nitrogens with one attached hydrogen (secondary N) is 1. The van der Waals surface area contributed by atoms with Gasteiger partial charge in [0.15, 0.2) is 6.61 Å². The Labute approximate surface area is 135 Å². The number of benzene rings is 1. The van der Waals surface area contributed by atoms with E-state index in [9.17, 15) is 27.6 Å². The maximum absolute atomic E-state index is 12.4. The molecular formula is C15H14F3NO5. The van der Waals surface area contributed by atoms with Crippen LogP contribution in [-0.4, -0.2) is 31.2 Å². The average molecular weight is 345 g/mol. The van der Waals surface area contributed by atoms with Crippen molar-refractivity contribution in [3.8, 4) is 0 Å². The predicted molar refractivity (Wildman–Crippen MR) is 76.6 cm³/mol. The van der Waals surface area contributed by atoms with E-state index in [4.69, 9.17) is 0 Å². The van der Waals surface area contributed by atoms with Crippen molar-refractivity contribution >= 4 is 24.0 Å². The molecule has 0 radical (unpaired) electrons. The van der Waals surface area contributed by atoms with Crippen LogP contribution in [0, 0.1) is 0 Å². The van der Waals surface area contributed by atoms with Gasteiger partial charge in [0.2, 0.25) is 0 Å². The molecular weight excluding hydrogens is 331 g/mol. The number of alkyl halides is 3. The first-order valence-electron chi connectivity index (χ1n) is 6.71. The molecule has 1 N–H and O–H groups in total. The van der Waals surface area contributed by atoms with Crippen molar-refractivity contribution in [3.05, 3.63) is 41.5 Å². The lowest BCUT2D eigenvalue weighted by molar-refractivity contribution is -0.143. The van der Waals surface area contributed by atoms with Crippen molar-refractivity contribution in [1.82, 2.24) is 5.32 Å². The van der Waals surface area contributed by atoms with Gasteiger partial charge < -0.3 is 9.47 Å². The van der Waals surface area contributed by atoms with E-state index in [0.29, 0.717) is 5.56 Å². The van der Waals surface area contributed by atoms with E-state index in [1.807, 2.05) is 5.32 Å². The van der Waals surface area contributed by atoms with E-state index >= 15 is 0 Å². The highest BCUT2D eigenvalue weighted by molar-refractivity contribution is 5.94. The van der Waals surface area contributed by atoms with Crippen LogP contribution in [0.25, 0.3) is 6.08 Å². The number of hydrogen-bond donors (Lipinski definition) is 1. The van der Waals surface area contributed by atoms with Gasteiger partial charge in [-0.05, 0) is 30.7 Å². The molecule has 0 heterocycles. The molecule has 2 amide bonds. The molecule has 130 valence electrons. The first-order chi connectivity index (χ1) is 11.2. The molecule has 0 aliphatic carbocycles. The summed E-state index contributed by atoms with van der Waals surface area (Å²) in [7, 11) is 0. The zero-order chi connectivity index (χ0) is 18.2. The lowest BCUT2D eigenvalue weighted by atomic mass is 10.1. The Kier molecular flexibility index (Phi) is 6.97. The summed E-state index contributed by atoms with van der Waals surface area (Å²) < 4.78 is 46.2. The molecule has 6 nitrogen and oxygen atoms in total. The molecule has 0 spiro atoms. The van der Waals surface area contributed by atoms with Gasteiger partial charge in [0.25, 0.3) is 5.91 Å². The first kappa shape index (κ1) is 19.2. The normalized spacial score (nSPS) is 11.2. The molecule has 0 aliphatic heterocycles. The number of amides is 2. The Morgan fingerprint density at radius 3 is 2.29 bits per heavy atom. The van der Waals surface area contributed by atoms with Crippen LogP contribution < -0.4 is 5.32 Å². The molecule has 0 aromatic heterocycles. The minimum atomic E-state index is -4.44. The molecule has 1 aromatic carbocycles. The molecule has 1 rings (SSSR count). The Morgan fingerprint density at radius 1 is 1.12 bits per heavy atom. The van der Waals surface area contributed by atoms with E-state index in [0.717, 1.165) is 18.2 Å². The fourth-order valence-corrected chi connectivity index (χ4v) is 1.45. The van der Waals surface area contributed by atoms with Gasteiger partial charge in [0, 0.05) is 6.08 Å². The highest BCUT2D eigenvalue weighted by atomic mass is 19.4. The summed E-state index contributed by atoms with van der Waals surface area (Å²) in [5.41, 5.74) is -0.464. The zero-order valence-corrected chi connectivity index (χ0v) is 12.6. The SMILES string of the molecule is CCOC(=O)NC(=O)COC(=O)/C=C/c1ccc(C(F)(F)F)cc1. The standard InChI is InChI=1S/C15H14F3NO5/c1-2-23-14(22)19-12(20)9-24-13(21)8-5-10-3-6-11(7-4-10)15(16,17)18/h3-8H,2,9H2,1H3,(H,19,20,22)/b8-5+. The first-order valence-corrected chi connectivity index (χ1v) is 6.71. The van der Waals surface area contributed by atoms with Crippen LogP contribution in [0.3, 0.4) is 0 Å². The fourth-order valence-electron chi connectivity index (χ4n) is 1.45. The number of ether oxygens (including phenoxy) is 2. The number of carbonyl (C=O) groups is 3. The topological polar surface area (TPSA) is 81.7 Å². The minimum absolute atomic E-state index is 0.0781. The summed E-state index contributed by atoms with van der Waals surface area (Å²) in [4.78, 5) is 33.5. The van der Waals surface area contributed by atoms with Gasteiger partial charge in [-0.3, -0.25) is 10.1 Å². The number of halogens is 3. The van der Waals surface area contributed by atoms with Gasteiger partial charge in [-0.2, -0.15) is 13.2 Å². The summed E-state index contributed by atoms with van der Waals surface area (Å²) >= 11 is 0. The molecule has 0 saturated carbocycles. The summed E-state index contributed by atoms with van der Waals surface area (Å²) in [5, 5.41) is 1.82. The molecule has 0 fully saturated rings. The van der Waals surface area contributed by atoms with Gasteiger partial charge in [-0.1, -0.05) is 12.1 Å². The fraction of sp³-hybridized carbons (Fsp3) is 0.267. The second-order valence-electron chi connectivity index (χ2n) is 4.33. The quantitative estimate of drug-likeness (QED) is 0.655. The summed E-state index contributed by atoms with van der Waals surface area (Å²) in [6, 6.07) is 4.11. The third-order valence-electron chi connectivity index (χ3n) is 2.51. The van der Waals surface area contributed by atoms with Gasteiger partial charge in [0.05, 0.1) is 12.2 Å². The average Bonchev–Trinajstić information content (AvgIpc) is 2.50. The van der Waals surface area contributed by atoms with E-state index in [2.05, 4.69) is 9.47 Å². The maximum Gasteiger partial charge on any atom is 0.416 e. The second kappa shape index (κ2) is 8.70. The van der Waals surface area contributed by atoms with E-state index in [1.165, 1.54) is 18.2 Å². The molecule has 0 saturated heterocycles. The summed E-state index contributed by atoms with van der Waals surface area (Å²) in [6.45, 7) is 0.930. The van der Waals surface area contributed by atoms with E-state index < -0.39 is 36.3 Å². The van der Waals surface area contributed by atoms with E-state index in [1.54, 1.807) is 6.92 Å². The number of hydrogen-bond acceptors (Lipinski definition) is 5. The molecule has 1 aromatic rings. The van der Waals surface area contributed by atoms with Crippen molar-refractivity contribution < 1.29 is 37.0 Å². The third-order valence-corrected chi connectivity index (χ3v) is 2.51. The van der Waals surface area contributed by atoms with Gasteiger partial charge in [-0.25, -0.2) is 9.59 Å². The molecule has 9 heteroatoms. The molecule has 0 unspecified atom stereocenters. The van der Waals surface area contributed by atoms with Crippen LogP contribution in [-0.2, 0) is 25.2 Å². The summed E-state index contributed by atoms with van der Waals surface area (Å²) in [5.74, 6) is -1.77. The number of carbonyl (C=O) groups excluding carboxylic acids is 3. The molecule has 0 atom stereocenters. The number of imide groups is 1. The van der Waals surface area contributed by atoms with Crippen LogP contribution in [0.2, 0.25) is 0 Å². The van der Waals surface area contributed by atoms with Crippen molar-refractivity contribution in [1.29, 1.82) is 0 Å². The highest BCUT2D eigenvalue weighted by Gasteiger charge is 2.29. The van der Waals surface area contributed by atoms with Gasteiger partial charge in [0.1, 0.15) is 0 Å². The summed E-state index contributed by atoms with van der Waals surface area (Å²) in [6.07, 6.45) is -3.22. The predicted octanol–water partition coefficient (Wildman–Crippen LogP) is 2.53. The van der Waals surface area contributed by atoms with Crippen molar-refractivity contribution in [2.24, 2.45) is 0 Å². The minimum Gasteiger partial charge on any atom is -0.452 e. The highest BCUT2D eigenvalue weighted by Crippen LogP contribution is 2.29. The van der Waals surface area contributed by atoms with Gasteiger partial charge >= 0.3 is 18.2 Å². The van der Waals surface area contributed by atoms with Crippen molar-refractivity contribution in [2.45, 2.75) is 13.1 Å². The number of alkyl carbamates (subject to hydrolysis) is 1. The van der Waals surface area contributed by atoms with Crippen LogP contribution in [0.1, 0.15) is 18.1 Å². The number of esters is 1. The Bertz CT molecular complexity index is 623. The maximum atomic E-state index is 12.4. The van der Waals surface area contributed by atoms with Crippen LogP contribution in [0.5, 0.6) is 0 Å². The van der Waals surface area contributed by atoms with Crippen LogP contribution in [0.4, 0.5) is 18.0 Å². The van der Waals surface area contributed by atoms with E-state index in [-0.39, 0.29) is 6.61 Å². The van der Waals surface area contributed by atoms with Crippen molar-refractivity contribution in [3.63, 3.8) is 0 Å². The Hall–Kier alpha value is -2.84. The monoisotopic (exact) mass is 345 g/mol. The molecule has 24 heavy (non-hydrogen) atoms. The van der Waals surface area contributed by atoms with Crippen LogP contribution >= 0.6 is 0 Å². The smallest absolute Gasteiger partial charge is 0.416 e. The lowest BCUT2D eigenvalue weighted by Gasteiger charge is -2.06. The Balaban J connectivity index is 2.46. The Morgan fingerprint density at radius 2 is 1.75 bits per heavy atom. The van der Waals surface area contributed by atoms with Crippen molar-refractivity contribution in [2.75, 3.05) is 13.2 Å². The second-order valence-corrected chi connectivity index (χ2v) is 4.33.